The van der Waals surface area contributed by atoms with Gasteiger partial charge in [0, 0.05) is 50.1 Å². The molecule has 1 atom stereocenters. The van der Waals surface area contributed by atoms with Gasteiger partial charge in [-0.15, -0.1) is 0 Å². The summed E-state index contributed by atoms with van der Waals surface area (Å²) in [6.07, 6.45) is -2.59. The molecular weight excluding hydrogens is 392 g/mol. The maximum atomic E-state index is 13.0. The summed E-state index contributed by atoms with van der Waals surface area (Å²) < 4.78 is 90.5. The number of benzene rings is 2. The first kappa shape index (κ1) is 13.2. The summed E-state index contributed by atoms with van der Waals surface area (Å²) in [6.45, 7) is -10.2. The Kier molecular flexibility index (Phi) is 4.81. The molecule has 0 aliphatic carbocycles. The number of methoxy groups -OCH3 is 1. The van der Waals surface area contributed by atoms with Crippen LogP contribution in [0.4, 0.5) is 0 Å². The number of aliphatic hydroxyl groups excluding tert-OH is 1. The minimum Gasteiger partial charge on any atom is -0.493 e. The zero-order valence-electron chi connectivity index (χ0n) is 27.4. The van der Waals surface area contributed by atoms with Crippen LogP contribution in [0.25, 0.3) is 0 Å². The molecule has 1 saturated heterocycles. The fraction of sp³-hybridized carbons (Fsp3) is 0.480. The zero-order chi connectivity index (χ0) is 30.8. The van der Waals surface area contributed by atoms with Gasteiger partial charge in [0.05, 0.1) is 16.4 Å². The van der Waals surface area contributed by atoms with Gasteiger partial charge in [-0.3, -0.25) is 14.6 Å². The predicted octanol–water partition coefficient (Wildman–Crippen LogP) is 2.48. The molecule has 3 rings (SSSR count). The molecule has 1 N–H and O–H groups in total. The van der Waals surface area contributed by atoms with Gasteiger partial charge < -0.3 is 14.6 Å². The maximum absolute atomic E-state index is 13.0. The standard InChI is InChI=1S/C25H34N2O4/c1-19-7-6-8-20(2)23(19)15-21(28)16-26-11-13-27(14-12-26)17-22(29)18-31-25-10-5-4-9-24(25)30-3/h4-10,22,29H,11-18H2,1-3H3/i1D3,2D3,17D2,18D2. The highest BCUT2D eigenvalue weighted by molar-refractivity contribution is 5.83. The van der Waals surface area contributed by atoms with Gasteiger partial charge in [0.1, 0.15) is 12.7 Å². The molecule has 0 aromatic heterocycles. The lowest BCUT2D eigenvalue weighted by Crippen LogP contribution is -2.50. The topological polar surface area (TPSA) is 62.2 Å². The van der Waals surface area contributed by atoms with Crippen molar-refractivity contribution in [2.75, 3.05) is 52.9 Å². The van der Waals surface area contributed by atoms with E-state index < -0.39 is 38.6 Å². The SMILES string of the molecule is [2H]C([2H])([2H])c1cccc(C([2H])([2H])[2H])c1CC(=O)CN1CCN(C([2H])([2H])C(O)C([2H])([2H])Oc2ccccc2OC)CC1. The summed E-state index contributed by atoms with van der Waals surface area (Å²) in [5, 5.41) is 10.7. The number of piperazine rings is 1. The van der Waals surface area contributed by atoms with E-state index in [9.17, 15) is 9.90 Å². The Labute approximate surface area is 199 Å². The Hall–Kier alpha value is -2.41. The molecule has 0 radical (unpaired) electrons. The van der Waals surface area contributed by atoms with Crippen LogP contribution in [0.5, 0.6) is 11.5 Å². The van der Waals surface area contributed by atoms with Crippen molar-refractivity contribution >= 4 is 5.78 Å². The molecule has 2 aromatic rings. The number of carbonyl (C=O) groups excluding carboxylic acids is 1. The van der Waals surface area contributed by atoms with E-state index in [0.29, 0.717) is 0 Å². The van der Waals surface area contributed by atoms with Crippen LogP contribution in [0.2, 0.25) is 0 Å². The van der Waals surface area contributed by atoms with E-state index >= 15 is 0 Å². The van der Waals surface area contributed by atoms with Gasteiger partial charge in [-0.2, -0.15) is 0 Å². The third-order valence-corrected chi connectivity index (χ3v) is 4.98. The molecule has 1 aliphatic rings. The predicted molar refractivity (Wildman–Crippen MR) is 122 cm³/mol. The molecule has 31 heavy (non-hydrogen) atoms. The first-order valence-electron chi connectivity index (χ1n) is 15.0. The third-order valence-electron chi connectivity index (χ3n) is 4.98. The number of carbonyl (C=O) groups is 1. The Balaban J connectivity index is 1.65. The first-order valence-corrected chi connectivity index (χ1v) is 10.00. The van der Waals surface area contributed by atoms with Crippen LogP contribution in [0.3, 0.4) is 0 Å². The van der Waals surface area contributed by atoms with Crippen molar-refractivity contribution in [3.8, 4) is 11.5 Å². The molecule has 168 valence electrons. The number of para-hydroxylation sites is 2. The van der Waals surface area contributed by atoms with Crippen molar-refractivity contribution in [2.45, 2.75) is 26.2 Å². The number of aryl methyl sites for hydroxylation is 2. The minimum atomic E-state index is -2.82. The Morgan fingerprint density at radius 3 is 2.35 bits per heavy atom. The lowest BCUT2D eigenvalue weighted by molar-refractivity contribution is -0.120. The van der Waals surface area contributed by atoms with Crippen LogP contribution < -0.4 is 9.47 Å². The molecule has 1 heterocycles. The van der Waals surface area contributed by atoms with Crippen molar-refractivity contribution in [3.05, 3.63) is 59.2 Å². The number of hydrogen-bond acceptors (Lipinski definition) is 6. The van der Waals surface area contributed by atoms with Crippen molar-refractivity contribution in [3.63, 3.8) is 0 Å². The average Bonchev–Trinajstić information content (AvgIpc) is 2.87. The van der Waals surface area contributed by atoms with Gasteiger partial charge in [-0.1, -0.05) is 30.3 Å². The monoisotopic (exact) mass is 436 g/mol. The number of ether oxygens (including phenoxy) is 2. The van der Waals surface area contributed by atoms with Gasteiger partial charge in [0.25, 0.3) is 0 Å². The molecule has 2 aromatic carbocycles. The summed E-state index contributed by atoms with van der Waals surface area (Å²) in [6, 6.07) is 10.2. The fourth-order valence-corrected chi connectivity index (χ4v) is 3.34. The van der Waals surface area contributed by atoms with Crippen LogP contribution in [-0.2, 0) is 11.2 Å². The molecule has 6 heteroatoms. The van der Waals surface area contributed by atoms with Crippen LogP contribution in [0.1, 0.15) is 30.4 Å². The van der Waals surface area contributed by atoms with Gasteiger partial charge >= 0.3 is 0 Å². The smallest absolute Gasteiger partial charge is 0.161 e. The molecule has 6 nitrogen and oxygen atoms in total. The average molecular weight is 437 g/mol. The molecule has 1 aliphatic heterocycles. The molecule has 1 fully saturated rings. The quantitative estimate of drug-likeness (QED) is 0.617. The highest BCUT2D eigenvalue weighted by Crippen LogP contribution is 2.25. The number of hydrogen-bond donors (Lipinski definition) is 1. The van der Waals surface area contributed by atoms with E-state index in [0.717, 1.165) is 0 Å². The lowest BCUT2D eigenvalue weighted by atomic mass is 9.98. The summed E-state index contributed by atoms with van der Waals surface area (Å²) in [5.41, 5.74) is -0.403. The van der Waals surface area contributed by atoms with E-state index in [1.807, 2.05) is 0 Å². The second kappa shape index (κ2) is 11.3. The second-order valence-corrected chi connectivity index (χ2v) is 7.21. The van der Waals surface area contributed by atoms with Crippen LogP contribution in [0.15, 0.2) is 42.5 Å². The minimum absolute atomic E-state index is 0.0000961. The number of rotatable bonds is 10. The Bertz CT molecular complexity index is 1180. The van der Waals surface area contributed by atoms with Crippen LogP contribution in [0, 0.1) is 13.7 Å². The number of Topliss-reactive ketones (excluding diaryl/α,β-unsaturated/α-hetero) is 1. The zero-order valence-corrected chi connectivity index (χ0v) is 17.4. The van der Waals surface area contributed by atoms with E-state index in [4.69, 9.17) is 23.2 Å². The van der Waals surface area contributed by atoms with Crippen molar-refractivity contribution in [2.24, 2.45) is 0 Å². The van der Waals surface area contributed by atoms with Crippen molar-refractivity contribution < 1.29 is 33.1 Å². The van der Waals surface area contributed by atoms with Gasteiger partial charge in [0.15, 0.2) is 17.3 Å². The third kappa shape index (κ3) is 6.79. The van der Waals surface area contributed by atoms with Gasteiger partial charge in [-0.25, -0.2) is 0 Å². The van der Waals surface area contributed by atoms with Crippen molar-refractivity contribution in [1.82, 2.24) is 9.80 Å². The van der Waals surface area contributed by atoms with E-state index in [2.05, 4.69) is 0 Å². The molecule has 0 amide bonds. The number of aliphatic hydroxyl groups is 1. The number of nitrogens with zero attached hydrogens (tertiary/aromatic N) is 2. The second-order valence-electron chi connectivity index (χ2n) is 7.21. The van der Waals surface area contributed by atoms with Crippen molar-refractivity contribution in [1.29, 1.82) is 0 Å². The van der Waals surface area contributed by atoms with Crippen LogP contribution >= 0.6 is 0 Å². The Morgan fingerprint density at radius 2 is 1.71 bits per heavy atom. The van der Waals surface area contributed by atoms with E-state index in [1.54, 1.807) is 23.1 Å². The number of β-amino-alcohol motifs (C(OH)–C–C–N with tert-alkyl or cyclic N) is 1. The van der Waals surface area contributed by atoms with E-state index in [1.165, 1.54) is 36.3 Å². The largest absolute Gasteiger partial charge is 0.493 e. The summed E-state index contributed by atoms with van der Waals surface area (Å²) in [7, 11) is 1.37. The fourth-order valence-electron chi connectivity index (χ4n) is 3.34. The summed E-state index contributed by atoms with van der Waals surface area (Å²) in [5.74, 6) is -0.181. The molecule has 0 saturated carbocycles. The summed E-state index contributed by atoms with van der Waals surface area (Å²) in [4.78, 5) is 15.9. The van der Waals surface area contributed by atoms with Gasteiger partial charge in [-0.05, 0) is 42.5 Å². The van der Waals surface area contributed by atoms with Gasteiger partial charge in [0.2, 0.25) is 0 Å². The normalized spacial score (nSPS) is 22.6. The molecular formula is C25H34N2O4. The highest BCUT2D eigenvalue weighted by Gasteiger charge is 2.21. The molecule has 0 spiro atoms. The molecule has 0 bridgehead atoms. The van der Waals surface area contributed by atoms with E-state index in [-0.39, 0.29) is 67.3 Å². The summed E-state index contributed by atoms with van der Waals surface area (Å²) >= 11 is 0. The highest BCUT2D eigenvalue weighted by atomic mass is 16.5. The lowest BCUT2D eigenvalue weighted by Gasteiger charge is -2.35. The number of ketones is 1. The first-order chi connectivity index (χ1) is 18.9. The van der Waals surface area contributed by atoms with Crippen LogP contribution in [-0.4, -0.2) is 79.7 Å². The molecule has 1 unspecified atom stereocenters. The Morgan fingerprint density at radius 1 is 1.06 bits per heavy atom. The maximum Gasteiger partial charge on any atom is 0.161 e.